The highest BCUT2D eigenvalue weighted by Crippen LogP contribution is 2.64. The Kier molecular flexibility index (Phi) is 8.82. The lowest BCUT2D eigenvalue weighted by atomic mass is 9.65. The van der Waals surface area contributed by atoms with Crippen LogP contribution in [0.4, 0.5) is 0 Å². The van der Waals surface area contributed by atoms with Crippen LogP contribution >= 0.6 is 0 Å². The molecule has 3 N–H and O–H groups in total. The third-order valence-corrected chi connectivity index (χ3v) is 9.38. The van der Waals surface area contributed by atoms with Gasteiger partial charge >= 0.3 is 0 Å². The molecule has 0 saturated carbocycles. The number of benzene rings is 1. The van der Waals surface area contributed by atoms with E-state index < -0.39 is 35.1 Å². The highest BCUT2D eigenvalue weighted by molar-refractivity contribution is 5.99. The van der Waals surface area contributed by atoms with Crippen molar-refractivity contribution in [2.24, 2.45) is 17.8 Å². The second-order valence-corrected chi connectivity index (χ2v) is 11.4. The van der Waals surface area contributed by atoms with E-state index in [-0.39, 0.29) is 30.2 Å². The van der Waals surface area contributed by atoms with Crippen molar-refractivity contribution in [1.29, 1.82) is 0 Å². The third-order valence-electron chi connectivity index (χ3n) is 9.38. The van der Waals surface area contributed by atoms with Crippen LogP contribution in [0.5, 0.6) is 0 Å². The van der Waals surface area contributed by atoms with Gasteiger partial charge in [-0.3, -0.25) is 14.4 Å². The van der Waals surface area contributed by atoms with Gasteiger partial charge in [-0.15, -0.1) is 0 Å². The average Bonchev–Trinajstić information content (AvgIpc) is 3.54. The molecule has 4 rings (SSSR count). The van der Waals surface area contributed by atoms with E-state index in [9.17, 15) is 19.5 Å². The van der Waals surface area contributed by atoms with Crippen LogP contribution < -0.4 is 10.6 Å². The van der Waals surface area contributed by atoms with Gasteiger partial charge in [0.05, 0.1) is 30.1 Å². The van der Waals surface area contributed by atoms with Crippen molar-refractivity contribution < 1.29 is 24.2 Å². The second kappa shape index (κ2) is 11.7. The second-order valence-electron chi connectivity index (χ2n) is 11.4. The van der Waals surface area contributed by atoms with E-state index in [4.69, 9.17) is 4.74 Å². The van der Waals surface area contributed by atoms with Crippen LogP contribution in [0.15, 0.2) is 30.3 Å². The monoisotopic (exact) mass is 527 g/mol. The van der Waals surface area contributed by atoms with Gasteiger partial charge in [0.2, 0.25) is 17.7 Å². The van der Waals surface area contributed by atoms with E-state index >= 15 is 0 Å². The first kappa shape index (κ1) is 28.6. The molecule has 3 aliphatic rings. The van der Waals surface area contributed by atoms with Gasteiger partial charge in [-0.2, -0.15) is 0 Å². The maximum Gasteiger partial charge on any atom is 0.245 e. The first-order chi connectivity index (χ1) is 18.3. The van der Waals surface area contributed by atoms with Crippen LogP contribution in [0.25, 0.3) is 0 Å². The summed E-state index contributed by atoms with van der Waals surface area (Å²) in [7, 11) is 0. The summed E-state index contributed by atoms with van der Waals surface area (Å²) in [6, 6.07) is 8.30. The predicted molar refractivity (Wildman–Crippen MR) is 145 cm³/mol. The summed E-state index contributed by atoms with van der Waals surface area (Å²) in [5.41, 5.74) is -0.873. The Morgan fingerprint density at radius 2 is 1.84 bits per heavy atom. The number of amides is 3. The fraction of sp³-hybridized carbons (Fsp3) is 0.700. The maximum absolute atomic E-state index is 14.3. The fourth-order valence-electron chi connectivity index (χ4n) is 7.10. The zero-order chi connectivity index (χ0) is 27.5. The van der Waals surface area contributed by atoms with Gasteiger partial charge in [0.15, 0.2) is 0 Å². The molecule has 1 aromatic rings. The molecule has 1 spiro atoms. The molecule has 0 radical (unpaired) electrons. The normalized spacial score (nSPS) is 31.2. The molecule has 0 aliphatic carbocycles. The number of unbranched alkanes of at least 4 members (excludes halogenated alkanes) is 2. The number of likely N-dealkylation sites (tertiary alicyclic amines) is 1. The number of carbonyl (C=O) groups excluding carboxylic acids is 3. The van der Waals surface area contributed by atoms with Crippen LogP contribution in [-0.2, 0) is 25.7 Å². The molecule has 0 aromatic heterocycles. The minimum absolute atomic E-state index is 0.0164. The summed E-state index contributed by atoms with van der Waals surface area (Å²) >= 11 is 0. The van der Waals surface area contributed by atoms with Crippen LogP contribution in [0.2, 0.25) is 0 Å². The number of nitrogens with zero attached hydrogens (tertiary/aromatic N) is 1. The van der Waals surface area contributed by atoms with Gasteiger partial charge in [-0.1, -0.05) is 77.3 Å². The number of aliphatic hydroxyl groups is 1. The van der Waals surface area contributed by atoms with Gasteiger partial charge in [-0.25, -0.2) is 0 Å². The van der Waals surface area contributed by atoms with Crippen molar-refractivity contribution in [2.45, 2.75) is 102 Å². The number of ether oxygens (including phenoxy) is 1. The van der Waals surface area contributed by atoms with Gasteiger partial charge in [0, 0.05) is 13.1 Å². The van der Waals surface area contributed by atoms with Crippen molar-refractivity contribution in [3.8, 4) is 0 Å². The van der Waals surface area contributed by atoms with E-state index in [0.717, 1.165) is 31.2 Å². The third kappa shape index (κ3) is 4.75. The van der Waals surface area contributed by atoms with Crippen molar-refractivity contribution in [2.75, 3.05) is 13.2 Å². The highest BCUT2D eigenvalue weighted by Gasteiger charge is 2.79. The summed E-state index contributed by atoms with van der Waals surface area (Å²) in [6.07, 6.45) is 5.41. The van der Waals surface area contributed by atoms with E-state index in [1.165, 1.54) is 0 Å². The van der Waals surface area contributed by atoms with E-state index in [1.807, 2.05) is 51.1 Å². The van der Waals surface area contributed by atoms with Crippen LogP contribution in [0, 0.1) is 17.8 Å². The summed E-state index contributed by atoms with van der Waals surface area (Å²) in [5, 5.41) is 16.5. The lowest BCUT2D eigenvalue weighted by molar-refractivity contribution is -0.152. The molecule has 38 heavy (non-hydrogen) atoms. The minimum atomic E-state index is -1.07. The van der Waals surface area contributed by atoms with E-state index in [0.29, 0.717) is 32.4 Å². The lowest BCUT2D eigenvalue weighted by Gasteiger charge is -2.39. The lowest BCUT2D eigenvalue weighted by Crippen LogP contribution is -2.59. The number of aliphatic hydroxyl groups excluding tert-OH is 1. The first-order valence-electron chi connectivity index (χ1n) is 14.5. The Bertz CT molecular complexity index is 1000. The molecule has 2 unspecified atom stereocenters. The Labute approximate surface area is 226 Å². The number of fused-ring (bicyclic) bond motifs is 1. The zero-order valence-electron chi connectivity index (χ0n) is 23.4. The highest BCUT2D eigenvalue weighted by atomic mass is 16.5. The molecule has 2 bridgehead atoms. The number of nitrogens with one attached hydrogen (secondary N) is 2. The molecular weight excluding hydrogens is 482 g/mol. The minimum Gasteiger partial charge on any atom is -0.394 e. The molecule has 3 heterocycles. The van der Waals surface area contributed by atoms with E-state index in [1.54, 1.807) is 4.90 Å². The maximum atomic E-state index is 14.3. The Morgan fingerprint density at radius 3 is 2.47 bits per heavy atom. The van der Waals surface area contributed by atoms with Gasteiger partial charge in [0.1, 0.15) is 11.6 Å². The molecule has 7 atom stereocenters. The molecule has 3 aliphatic heterocycles. The quantitative estimate of drug-likeness (QED) is 0.342. The summed E-state index contributed by atoms with van der Waals surface area (Å²) < 4.78 is 6.81. The van der Waals surface area contributed by atoms with Crippen molar-refractivity contribution >= 4 is 17.7 Å². The SMILES string of the molecule is CCCCCNC(=O)C1N([C@@H](CO)[C@@H](C)CC)C(=O)[C@@H]2[C@H](C(=O)NCc3ccccc3)[C@]3(CC)CCC12O3. The Hall–Kier alpha value is -2.45. The number of carbonyl (C=O) groups is 3. The Balaban J connectivity index is 1.69. The topological polar surface area (TPSA) is 108 Å². The van der Waals surface area contributed by atoms with Crippen LogP contribution in [0.1, 0.15) is 78.2 Å². The van der Waals surface area contributed by atoms with Crippen molar-refractivity contribution in [1.82, 2.24) is 15.5 Å². The summed E-state index contributed by atoms with van der Waals surface area (Å²) in [5.74, 6) is -2.14. The number of hydrogen-bond acceptors (Lipinski definition) is 5. The zero-order valence-corrected chi connectivity index (χ0v) is 23.4. The largest absolute Gasteiger partial charge is 0.394 e. The van der Waals surface area contributed by atoms with Gasteiger partial charge < -0.3 is 25.4 Å². The first-order valence-corrected chi connectivity index (χ1v) is 14.5. The predicted octanol–water partition coefficient (Wildman–Crippen LogP) is 3.17. The summed E-state index contributed by atoms with van der Waals surface area (Å²) in [6.45, 7) is 8.76. The molecule has 8 heteroatoms. The van der Waals surface area contributed by atoms with Crippen molar-refractivity contribution in [3.63, 3.8) is 0 Å². The van der Waals surface area contributed by atoms with Crippen LogP contribution in [0.3, 0.4) is 0 Å². The molecule has 1 aromatic carbocycles. The number of hydrogen-bond donors (Lipinski definition) is 3. The van der Waals surface area contributed by atoms with Crippen LogP contribution in [-0.4, -0.2) is 64.2 Å². The number of rotatable bonds is 13. The molecule has 210 valence electrons. The molecule has 8 nitrogen and oxygen atoms in total. The standard InChI is InChI=1S/C30H45N3O5/c1-5-8-12-17-31-27(36)25-30-16-15-29(7-3,38-30)23(26(35)32-18-21-13-10-9-11-14-21)24(30)28(37)33(25)22(19-34)20(4)6-2/h9-11,13-14,20,22-25,34H,5-8,12,15-19H2,1-4H3,(H,31,36)(H,32,35)/t20-,22-,23+,24-,25?,29-,30?/m0/s1. The van der Waals surface area contributed by atoms with Gasteiger partial charge in [0.25, 0.3) is 0 Å². The van der Waals surface area contributed by atoms with Crippen molar-refractivity contribution in [3.05, 3.63) is 35.9 Å². The van der Waals surface area contributed by atoms with E-state index in [2.05, 4.69) is 17.6 Å². The van der Waals surface area contributed by atoms with Gasteiger partial charge in [-0.05, 0) is 37.2 Å². The molecule has 3 saturated heterocycles. The smallest absolute Gasteiger partial charge is 0.245 e. The molecular formula is C30H45N3O5. The average molecular weight is 528 g/mol. The molecule has 3 fully saturated rings. The Morgan fingerprint density at radius 1 is 1.11 bits per heavy atom. The summed E-state index contributed by atoms with van der Waals surface area (Å²) in [4.78, 5) is 43.5. The fourth-order valence-corrected chi connectivity index (χ4v) is 7.10. The molecule has 3 amide bonds.